The first-order chi connectivity index (χ1) is 6.29. The van der Waals surface area contributed by atoms with E-state index in [1.165, 1.54) is 22.6 Å². The highest BCUT2D eigenvalue weighted by Gasteiger charge is 2.33. The predicted molar refractivity (Wildman–Crippen MR) is 48.0 cm³/mol. The Morgan fingerprint density at radius 3 is 2.50 bits per heavy atom. The molecule has 1 heterocycles. The lowest BCUT2D eigenvalue weighted by Gasteiger charge is -2.09. The zero-order chi connectivity index (χ0) is 10.9. The van der Waals surface area contributed by atoms with E-state index in [1.807, 2.05) is 0 Å². The summed E-state index contributed by atoms with van der Waals surface area (Å²) in [4.78, 5) is 3.11. The SMILES string of the molecule is Nc1nc(OC(F)(F)F)c(I)cc1F. The van der Waals surface area contributed by atoms with Gasteiger partial charge in [0.05, 0.1) is 3.57 Å². The van der Waals surface area contributed by atoms with Crippen molar-refractivity contribution in [1.29, 1.82) is 0 Å². The van der Waals surface area contributed by atoms with E-state index in [9.17, 15) is 17.6 Å². The van der Waals surface area contributed by atoms with Crippen molar-refractivity contribution >= 4 is 28.4 Å². The largest absolute Gasteiger partial charge is 0.574 e. The molecule has 0 aliphatic heterocycles. The number of nitrogens with two attached hydrogens (primary N) is 1. The zero-order valence-electron chi connectivity index (χ0n) is 6.40. The second kappa shape index (κ2) is 3.75. The fourth-order valence-corrected chi connectivity index (χ4v) is 1.15. The molecule has 0 saturated carbocycles. The summed E-state index contributed by atoms with van der Waals surface area (Å²) in [5.41, 5.74) is 4.97. The summed E-state index contributed by atoms with van der Waals surface area (Å²) >= 11 is 1.46. The number of hydrogen-bond acceptors (Lipinski definition) is 3. The van der Waals surface area contributed by atoms with Crippen LogP contribution in [0.5, 0.6) is 5.88 Å². The minimum atomic E-state index is -4.86. The fourth-order valence-electron chi connectivity index (χ4n) is 0.644. The number of pyridine rings is 1. The maximum absolute atomic E-state index is 12.7. The lowest BCUT2D eigenvalue weighted by atomic mass is 10.4. The van der Waals surface area contributed by atoms with Crippen LogP contribution >= 0.6 is 22.6 Å². The molecule has 0 aromatic carbocycles. The molecule has 0 saturated heterocycles. The van der Waals surface area contributed by atoms with Gasteiger partial charge in [0.25, 0.3) is 0 Å². The zero-order valence-corrected chi connectivity index (χ0v) is 8.56. The number of hydrogen-bond donors (Lipinski definition) is 1. The smallest absolute Gasteiger partial charge is 0.387 e. The van der Waals surface area contributed by atoms with Gasteiger partial charge in [0, 0.05) is 0 Å². The van der Waals surface area contributed by atoms with Gasteiger partial charge in [-0.15, -0.1) is 13.2 Å². The first kappa shape index (κ1) is 11.3. The minimum absolute atomic E-state index is 0.105. The molecule has 0 unspecified atom stereocenters. The van der Waals surface area contributed by atoms with Crippen molar-refractivity contribution in [1.82, 2.24) is 4.98 Å². The van der Waals surface area contributed by atoms with E-state index in [0.717, 1.165) is 6.07 Å². The highest BCUT2D eigenvalue weighted by Crippen LogP contribution is 2.27. The Morgan fingerprint density at radius 2 is 2.00 bits per heavy atom. The van der Waals surface area contributed by atoms with Gasteiger partial charge in [0.2, 0.25) is 5.88 Å². The van der Waals surface area contributed by atoms with Gasteiger partial charge in [-0.05, 0) is 28.7 Å². The molecule has 0 atom stereocenters. The van der Waals surface area contributed by atoms with Crippen molar-refractivity contribution in [2.75, 3.05) is 5.73 Å². The summed E-state index contributed by atoms with van der Waals surface area (Å²) < 4.78 is 51.3. The molecule has 0 radical (unpaired) electrons. The number of ether oxygens (including phenoxy) is 1. The van der Waals surface area contributed by atoms with Gasteiger partial charge in [-0.1, -0.05) is 0 Å². The van der Waals surface area contributed by atoms with Crippen LogP contribution in [0.25, 0.3) is 0 Å². The second-order valence-electron chi connectivity index (χ2n) is 2.19. The number of nitrogens with zero attached hydrogens (tertiary/aromatic N) is 1. The van der Waals surface area contributed by atoms with Crippen LogP contribution in [-0.4, -0.2) is 11.3 Å². The normalized spacial score (nSPS) is 11.5. The molecule has 2 N–H and O–H groups in total. The average Bonchev–Trinajstić information content (AvgIpc) is 1.97. The number of aromatic nitrogens is 1. The Hall–Kier alpha value is -0.800. The van der Waals surface area contributed by atoms with Crippen LogP contribution in [0.2, 0.25) is 0 Å². The van der Waals surface area contributed by atoms with Gasteiger partial charge in [0.1, 0.15) is 0 Å². The Balaban J connectivity index is 3.04. The molecule has 8 heteroatoms. The van der Waals surface area contributed by atoms with E-state index in [1.54, 1.807) is 0 Å². The number of alkyl halides is 3. The monoisotopic (exact) mass is 322 g/mol. The van der Waals surface area contributed by atoms with Crippen LogP contribution in [0, 0.1) is 9.39 Å². The van der Waals surface area contributed by atoms with E-state index >= 15 is 0 Å². The van der Waals surface area contributed by atoms with Gasteiger partial charge in [-0.2, -0.15) is 4.98 Å². The molecule has 78 valence electrons. The van der Waals surface area contributed by atoms with Crippen LogP contribution in [0.1, 0.15) is 0 Å². The van der Waals surface area contributed by atoms with E-state index < -0.39 is 23.9 Å². The molecular formula is C6H3F4IN2O. The van der Waals surface area contributed by atoms with Crippen molar-refractivity contribution in [3.63, 3.8) is 0 Å². The van der Waals surface area contributed by atoms with Crippen LogP contribution < -0.4 is 10.5 Å². The van der Waals surface area contributed by atoms with Crippen LogP contribution in [0.3, 0.4) is 0 Å². The summed E-state index contributed by atoms with van der Waals surface area (Å²) in [6.07, 6.45) is -4.86. The lowest BCUT2D eigenvalue weighted by molar-refractivity contribution is -0.276. The van der Waals surface area contributed by atoms with Gasteiger partial charge in [-0.3, -0.25) is 0 Å². The summed E-state index contributed by atoms with van der Waals surface area (Å²) in [6, 6.07) is 0.809. The highest BCUT2D eigenvalue weighted by molar-refractivity contribution is 14.1. The molecule has 0 bridgehead atoms. The first-order valence-electron chi connectivity index (χ1n) is 3.17. The Morgan fingerprint density at radius 1 is 1.43 bits per heavy atom. The Labute approximate surface area is 89.4 Å². The molecule has 0 amide bonds. The third kappa shape index (κ3) is 2.86. The molecule has 14 heavy (non-hydrogen) atoms. The number of halogens is 5. The number of anilines is 1. The Bertz CT molecular complexity index is 354. The van der Waals surface area contributed by atoms with E-state index in [2.05, 4.69) is 9.72 Å². The molecule has 0 spiro atoms. The molecular weight excluding hydrogens is 319 g/mol. The molecule has 1 aromatic heterocycles. The third-order valence-corrected chi connectivity index (χ3v) is 1.91. The third-order valence-electron chi connectivity index (χ3n) is 1.14. The molecule has 0 aliphatic rings. The molecule has 0 fully saturated rings. The van der Waals surface area contributed by atoms with Crippen molar-refractivity contribution in [2.45, 2.75) is 6.36 Å². The maximum Gasteiger partial charge on any atom is 0.574 e. The first-order valence-corrected chi connectivity index (χ1v) is 4.25. The standard InChI is InChI=1S/C6H3F4IN2O/c7-2-1-3(11)5(13-4(2)12)14-6(8,9)10/h1H,(H2,12,13). The number of rotatable bonds is 1. The summed E-state index contributed by atoms with van der Waals surface area (Å²) in [7, 11) is 0. The van der Waals surface area contributed by atoms with Crippen molar-refractivity contribution in [3.8, 4) is 5.88 Å². The summed E-state index contributed by atoms with van der Waals surface area (Å²) in [5.74, 6) is -2.27. The summed E-state index contributed by atoms with van der Waals surface area (Å²) in [6.45, 7) is 0. The quantitative estimate of drug-likeness (QED) is 0.638. The Kier molecular flexibility index (Phi) is 3.02. The van der Waals surface area contributed by atoms with Crippen LogP contribution in [0.15, 0.2) is 6.07 Å². The van der Waals surface area contributed by atoms with E-state index in [4.69, 9.17) is 5.73 Å². The van der Waals surface area contributed by atoms with E-state index in [-0.39, 0.29) is 3.57 Å². The molecule has 1 rings (SSSR count). The van der Waals surface area contributed by atoms with Crippen molar-refractivity contribution in [2.24, 2.45) is 0 Å². The van der Waals surface area contributed by atoms with E-state index in [0.29, 0.717) is 0 Å². The highest BCUT2D eigenvalue weighted by atomic mass is 127. The fraction of sp³-hybridized carbons (Fsp3) is 0.167. The summed E-state index contributed by atoms with van der Waals surface area (Å²) in [5, 5.41) is 0. The van der Waals surface area contributed by atoms with Gasteiger partial charge in [0.15, 0.2) is 11.6 Å². The van der Waals surface area contributed by atoms with Crippen molar-refractivity contribution < 1.29 is 22.3 Å². The van der Waals surface area contributed by atoms with Crippen molar-refractivity contribution in [3.05, 3.63) is 15.5 Å². The molecule has 1 aromatic rings. The average molecular weight is 322 g/mol. The molecule has 0 aliphatic carbocycles. The minimum Gasteiger partial charge on any atom is -0.387 e. The molecule has 3 nitrogen and oxygen atoms in total. The van der Waals surface area contributed by atoms with Crippen LogP contribution in [-0.2, 0) is 0 Å². The van der Waals surface area contributed by atoms with Gasteiger partial charge >= 0.3 is 6.36 Å². The predicted octanol–water partition coefficient (Wildman–Crippen LogP) is 2.31. The van der Waals surface area contributed by atoms with Gasteiger partial charge in [-0.25, -0.2) is 4.39 Å². The lowest BCUT2D eigenvalue weighted by Crippen LogP contribution is -2.19. The topological polar surface area (TPSA) is 48.1 Å². The number of nitrogen functional groups attached to an aromatic ring is 1. The van der Waals surface area contributed by atoms with Gasteiger partial charge < -0.3 is 10.5 Å². The van der Waals surface area contributed by atoms with Crippen LogP contribution in [0.4, 0.5) is 23.4 Å². The second-order valence-corrected chi connectivity index (χ2v) is 3.35. The maximum atomic E-state index is 12.7.